The van der Waals surface area contributed by atoms with Gasteiger partial charge in [-0.05, 0) is 24.3 Å². The van der Waals surface area contributed by atoms with Gasteiger partial charge in [-0.3, -0.25) is 4.79 Å². The predicted molar refractivity (Wildman–Crippen MR) is 101 cm³/mol. The fourth-order valence-corrected chi connectivity index (χ4v) is 2.52. The Balaban J connectivity index is 1.59. The average molecular weight is 388 g/mol. The summed E-state index contributed by atoms with van der Waals surface area (Å²) in [5.74, 6) is 1.85. The summed E-state index contributed by atoms with van der Waals surface area (Å²) >= 11 is 5.87. The highest BCUT2D eigenvalue weighted by molar-refractivity contribution is 6.30. The van der Waals surface area contributed by atoms with Crippen molar-refractivity contribution in [1.82, 2.24) is 10.1 Å². The van der Waals surface area contributed by atoms with Gasteiger partial charge >= 0.3 is 0 Å². The number of carbonyl (C=O) groups is 1. The molecule has 140 valence electrons. The van der Waals surface area contributed by atoms with E-state index < -0.39 is 0 Å². The smallest absolute Gasteiger partial charge is 0.227 e. The van der Waals surface area contributed by atoms with Gasteiger partial charge in [0, 0.05) is 47.3 Å². The topological polar surface area (TPSA) is 86.5 Å². The van der Waals surface area contributed by atoms with Crippen molar-refractivity contribution < 1.29 is 18.8 Å². The van der Waals surface area contributed by atoms with Crippen LogP contribution in [0.4, 0.5) is 5.69 Å². The van der Waals surface area contributed by atoms with Crippen LogP contribution in [0.5, 0.6) is 11.5 Å². The molecule has 2 aromatic carbocycles. The number of anilines is 1. The summed E-state index contributed by atoms with van der Waals surface area (Å²) in [6.07, 6.45) is 0.523. The minimum absolute atomic E-state index is 0.184. The number of carbonyl (C=O) groups excluding carboxylic acids is 1. The van der Waals surface area contributed by atoms with E-state index in [1.165, 1.54) is 0 Å². The first kappa shape index (κ1) is 18.7. The van der Waals surface area contributed by atoms with Crippen molar-refractivity contribution in [3.8, 4) is 22.9 Å². The Bertz CT molecular complexity index is 903. The number of hydrogen-bond donors (Lipinski definition) is 1. The lowest BCUT2D eigenvalue weighted by Crippen LogP contribution is -2.12. The van der Waals surface area contributed by atoms with Crippen molar-refractivity contribution in [3.63, 3.8) is 0 Å². The Morgan fingerprint density at radius 1 is 1.11 bits per heavy atom. The molecule has 3 rings (SSSR count). The quantitative estimate of drug-likeness (QED) is 0.659. The number of benzene rings is 2. The SMILES string of the molecule is COc1cc(NC(=O)CCc2nc(-c3ccc(Cl)cc3)no2)cc(OC)c1. The Hall–Kier alpha value is -3.06. The molecule has 0 unspecified atom stereocenters. The molecule has 0 aliphatic carbocycles. The summed E-state index contributed by atoms with van der Waals surface area (Å²) in [5.41, 5.74) is 1.38. The second-order valence-electron chi connectivity index (χ2n) is 5.67. The number of hydrogen-bond acceptors (Lipinski definition) is 6. The number of nitrogens with zero attached hydrogens (tertiary/aromatic N) is 2. The van der Waals surface area contributed by atoms with E-state index in [1.807, 2.05) is 0 Å². The van der Waals surface area contributed by atoms with Crippen LogP contribution in [0.15, 0.2) is 47.0 Å². The molecule has 1 heterocycles. The van der Waals surface area contributed by atoms with Gasteiger partial charge in [-0.1, -0.05) is 16.8 Å². The summed E-state index contributed by atoms with van der Waals surface area (Å²) in [5, 5.41) is 7.36. The van der Waals surface area contributed by atoms with Gasteiger partial charge in [-0.25, -0.2) is 0 Å². The molecule has 1 N–H and O–H groups in total. The highest BCUT2D eigenvalue weighted by Crippen LogP contribution is 2.26. The lowest BCUT2D eigenvalue weighted by molar-refractivity contribution is -0.116. The van der Waals surface area contributed by atoms with Crippen LogP contribution in [0.1, 0.15) is 12.3 Å². The highest BCUT2D eigenvalue weighted by Gasteiger charge is 2.12. The largest absolute Gasteiger partial charge is 0.497 e. The Labute approximate surface area is 161 Å². The van der Waals surface area contributed by atoms with Crippen LogP contribution in [-0.2, 0) is 11.2 Å². The molecule has 0 spiro atoms. The van der Waals surface area contributed by atoms with Gasteiger partial charge in [-0.15, -0.1) is 0 Å². The van der Waals surface area contributed by atoms with E-state index in [1.54, 1.807) is 56.7 Å². The number of aryl methyl sites for hydroxylation is 1. The maximum absolute atomic E-state index is 12.2. The summed E-state index contributed by atoms with van der Waals surface area (Å²) < 4.78 is 15.6. The molecule has 27 heavy (non-hydrogen) atoms. The Morgan fingerprint density at radius 3 is 2.41 bits per heavy atom. The van der Waals surface area contributed by atoms with Crippen molar-refractivity contribution in [2.75, 3.05) is 19.5 Å². The molecule has 0 radical (unpaired) electrons. The zero-order valence-electron chi connectivity index (χ0n) is 14.9. The van der Waals surface area contributed by atoms with Crippen LogP contribution in [-0.4, -0.2) is 30.3 Å². The lowest BCUT2D eigenvalue weighted by Gasteiger charge is -2.09. The molecule has 0 saturated heterocycles. The third-order valence-electron chi connectivity index (χ3n) is 3.77. The van der Waals surface area contributed by atoms with Crippen LogP contribution < -0.4 is 14.8 Å². The van der Waals surface area contributed by atoms with Crippen LogP contribution >= 0.6 is 11.6 Å². The van der Waals surface area contributed by atoms with Gasteiger partial charge in [-0.2, -0.15) is 4.98 Å². The molecular weight excluding hydrogens is 370 g/mol. The van der Waals surface area contributed by atoms with Crippen LogP contribution in [0.3, 0.4) is 0 Å². The molecule has 7 nitrogen and oxygen atoms in total. The number of rotatable bonds is 7. The monoisotopic (exact) mass is 387 g/mol. The van der Waals surface area contributed by atoms with E-state index in [0.29, 0.717) is 40.3 Å². The van der Waals surface area contributed by atoms with Gasteiger partial charge in [0.25, 0.3) is 0 Å². The van der Waals surface area contributed by atoms with Crippen molar-refractivity contribution >= 4 is 23.2 Å². The maximum atomic E-state index is 12.2. The molecule has 0 aliphatic rings. The van der Waals surface area contributed by atoms with Crippen LogP contribution in [0.25, 0.3) is 11.4 Å². The number of aromatic nitrogens is 2. The van der Waals surface area contributed by atoms with Crippen molar-refractivity contribution in [3.05, 3.63) is 53.4 Å². The first-order valence-corrected chi connectivity index (χ1v) is 8.56. The van der Waals surface area contributed by atoms with Crippen molar-refractivity contribution in [2.45, 2.75) is 12.8 Å². The van der Waals surface area contributed by atoms with E-state index in [9.17, 15) is 4.79 Å². The van der Waals surface area contributed by atoms with E-state index in [2.05, 4.69) is 15.5 Å². The highest BCUT2D eigenvalue weighted by atomic mass is 35.5. The molecule has 3 aromatic rings. The second kappa shape index (κ2) is 8.55. The Morgan fingerprint density at radius 2 is 1.78 bits per heavy atom. The molecule has 0 aliphatic heterocycles. The molecule has 1 amide bonds. The zero-order valence-corrected chi connectivity index (χ0v) is 15.6. The molecule has 0 fully saturated rings. The molecule has 0 saturated carbocycles. The van der Waals surface area contributed by atoms with E-state index in [0.717, 1.165) is 5.56 Å². The normalized spacial score (nSPS) is 10.5. The lowest BCUT2D eigenvalue weighted by atomic mass is 10.2. The van der Waals surface area contributed by atoms with Gasteiger partial charge in [0.2, 0.25) is 17.6 Å². The number of nitrogens with one attached hydrogen (secondary N) is 1. The Kier molecular flexibility index (Phi) is 5.93. The summed E-state index contributed by atoms with van der Waals surface area (Å²) in [6, 6.07) is 12.3. The summed E-state index contributed by atoms with van der Waals surface area (Å²) in [7, 11) is 3.10. The molecule has 0 atom stereocenters. The van der Waals surface area contributed by atoms with E-state index in [4.69, 9.17) is 25.6 Å². The number of ether oxygens (including phenoxy) is 2. The van der Waals surface area contributed by atoms with Gasteiger partial charge in [0.1, 0.15) is 11.5 Å². The first-order valence-electron chi connectivity index (χ1n) is 8.19. The van der Waals surface area contributed by atoms with Gasteiger partial charge in [0.05, 0.1) is 14.2 Å². The van der Waals surface area contributed by atoms with Gasteiger partial charge < -0.3 is 19.3 Å². The van der Waals surface area contributed by atoms with E-state index in [-0.39, 0.29) is 12.3 Å². The number of methoxy groups -OCH3 is 2. The average Bonchev–Trinajstić information content (AvgIpc) is 3.15. The molecule has 0 bridgehead atoms. The first-order chi connectivity index (χ1) is 13.1. The van der Waals surface area contributed by atoms with Crippen LogP contribution in [0.2, 0.25) is 5.02 Å². The second-order valence-corrected chi connectivity index (χ2v) is 6.10. The number of halogens is 1. The van der Waals surface area contributed by atoms with E-state index >= 15 is 0 Å². The van der Waals surface area contributed by atoms with Crippen molar-refractivity contribution in [1.29, 1.82) is 0 Å². The number of amides is 1. The minimum atomic E-state index is -0.184. The summed E-state index contributed by atoms with van der Waals surface area (Å²) in [6.45, 7) is 0. The standard InChI is InChI=1S/C19H18ClN3O4/c1-25-15-9-14(10-16(11-15)26-2)21-17(24)7-8-18-22-19(23-27-18)12-3-5-13(20)6-4-12/h3-6,9-11H,7-8H2,1-2H3,(H,21,24). The fraction of sp³-hybridized carbons (Fsp3) is 0.211. The third-order valence-corrected chi connectivity index (χ3v) is 4.02. The maximum Gasteiger partial charge on any atom is 0.227 e. The van der Waals surface area contributed by atoms with Crippen LogP contribution in [0, 0.1) is 0 Å². The van der Waals surface area contributed by atoms with Gasteiger partial charge in [0.15, 0.2) is 0 Å². The summed E-state index contributed by atoms with van der Waals surface area (Å²) in [4.78, 5) is 16.5. The molecule has 8 heteroatoms. The predicted octanol–water partition coefficient (Wildman–Crippen LogP) is 3.98. The minimum Gasteiger partial charge on any atom is -0.497 e. The molecule has 1 aromatic heterocycles. The third kappa shape index (κ3) is 4.98. The zero-order chi connectivity index (χ0) is 19.2. The fourth-order valence-electron chi connectivity index (χ4n) is 2.40. The molecular formula is C19H18ClN3O4. The van der Waals surface area contributed by atoms with Crippen molar-refractivity contribution in [2.24, 2.45) is 0 Å².